The molecule has 18 heavy (non-hydrogen) atoms. The summed E-state index contributed by atoms with van der Waals surface area (Å²) in [4.78, 5) is 2.51. The Morgan fingerprint density at radius 2 is 2.22 bits per heavy atom. The first-order valence-corrected chi connectivity index (χ1v) is 6.88. The SMILES string of the molecule is Fc1cccc(C[C@@H]2CN(CC3CC3)CCO2)c1. The first-order chi connectivity index (χ1) is 8.79. The Morgan fingerprint density at radius 3 is 3.00 bits per heavy atom. The van der Waals surface area contributed by atoms with Gasteiger partial charge in [-0.3, -0.25) is 4.90 Å². The highest BCUT2D eigenvalue weighted by Crippen LogP contribution is 2.30. The van der Waals surface area contributed by atoms with Gasteiger partial charge in [0.25, 0.3) is 0 Å². The molecule has 1 aliphatic carbocycles. The predicted octanol–water partition coefficient (Wildman–Crippen LogP) is 2.48. The molecule has 1 heterocycles. The van der Waals surface area contributed by atoms with Gasteiger partial charge in [-0.15, -0.1) is 0 Å². The number of rotatable bonds is 4. The maximum absolute atomic E-state index is 13.1. The summed E-state index contributed by atoms with van der Waals surface area (Å²) in [5, 5.41) is 0. The lowest BCUT2D eigenvalue weighted by molar-refractivity contribution is -0.0289. The highest BCUT2D eigenvalue weighted by molar-refractivity contribution is 5.17. The van der Waals surface area contributed by atoms with E-state index in [1.54, 1.807) is 12.1 Å². The van der Waals surface area contributed by atoms with Gasteiger partial charge in [0.1, 0.15) is 5.82 Å². The summed E-state index contributed by atoms with van der Waals surface area (Å²) >= 11 is 0. The molecule has 2 aliphatic rings. The van der Waals surface area contributed by atoms with Crippen LogP contribution in [-0.4, -0.2) is 37.2 Å². The van der Waals surface area contributed by atoms with Gasteiger partial charge in [0.15, 0.2) is 0 Å². The Kier molecular flexibility index (Phi) is 3.62. The van der Waals surface area contributed by atoms with E-state index in [2.05, 4.69) is 4.90 Å². The summed E-state index contributed by atoms with van der Waals surface area (Å²) in [7, 11) is 0. The van der Waals surface area contributed by atoms with Crippen molar-refractivity contribution in [1.82, 2.24) is 4.90 Å². The van der Waals surface area contributed by atoms with Gasteiger partial charge in [-0.05, 0) is 42.9 Å². The largest absolute Gasteiger partial charge is 0.375 e. The molecule has 1 saturated heterocycles. The van der Waals surface area contributed by atoms with E-state index in [0.717, 1.165) is 37.6 Å². The second-order valence-corrected chi connectivity index (χ2v) is 5.53. The Morgan fingerprint density at radius 1 is 1.33 bits per heavy atom. The summed E-state index contributed by atoms with van der Waals surface area (Å²) in [5.41, 5.74) is 1.04. The van der Waals surface area contributed by atoms with E-state index >= 15 is 0 Å². The van der Waals surface area contributed by atoms with Crippen molar-refractivity contribution in [3.63, 3.8) is 0 Å². The van der Waals surface area contributed by atoms with Crippen molar-refractivity contribution in [3.05, 3.63) is 35.6 Å². The first kappa shape index (κ1) is 12.1. The van der Waals surface area contributed by atoms with Crippen molar-refractivity contribution in [2.24, 2.45) is 5.92 Å². The standard InChI is InChI=1S/C15H20FNO/c16-14-3-1-2-13(8-14)9-15-11-17(6-7-18-15)10-12-4-5-12/h1-3,8,12,15H,4-7,9-11H2/t15-/m1/s1. The highest BCUT2D eigenvalue weighted by Gasteiger charge is 2.27. The molecule has 0 radical (unpaired) electrons. The van der Waals surface area contributed by atoms with Crippen LogP contribution in [0.5, 0.6) is 0 Å². The molecule has 1 aromatic carbocycles. The molecule has 0 aromatic heterocycles. The van der Waals surface area contributed by atoms with Crippen LogP contribution < -0.4 is 0 Å². The maximum atomic E-state index is 13.1. The summed E-state index contributed by atoms with van der Waals surface area (Å²) in [6.07, 6.45) is 3.83. The lowest BCUT2D eigenvalue weighted by atomic mass is 10.1. The number of nitrogens with zero attached hydrogens (tertiary/aromatic N) is 1. The third-order valence-electron chi connectivity index (χ3n) is 3.79. The van der Waals surface area contributed by atoms with Crippen molar-refractivity contribution in [2.75, 3.05) is 26.2 Å². The third kappa shape index (κ3) is 3.30. The smallest absolute Gasteiger partial charge is 0.123 e. The Labute approximate surface area is 108 Å². The van der Waals surface area contributed by atoms with E-state index in [-0.39, 0.29) is 11.9 Å². The van der Waals surface area contributed by atoms with Gasteiger partial charge in [-0.1, -0.05) is 12.1 Å². The Balaban J connectivity index is 1.55. The van der Waals surface area contributed by atoms with Gasteiger partial charge in [-0.2, -0.15) is 0 Å². The average Bonchev–Trinajstić information content (AvgIpc) is 3.13. The molecule has 2 nitrogen and oxygen atoms in total. The topological polar surface area (TPSA) is 12.5 Å². The van der Waals surface area contributed by atoms with E-state index in [9.17, 15) is 4.39 Å². The van der Waals surface area contributed by atoms with E-state index in [0.29, 0.717) is 0 Å². The summed E-state index contributed by atoms with van der Waals surface area (Å²) < 4.78 is 18.9. The van der Waals surface area contributed by atoms with Crippen LogP contribution in [0.3, 0.4) is 0 Å². The van der Waals surface area contributed by atoms with Crippen molar-refractivity contribution in [1.29, 1.82) is 0 Å². The average molecular weight is 249 g/mol. The summed E-state index contributed by atoms with van der Waals surface area (Å²) in [5.74, 6) is 0.774. The molecular formula is C15H20FNO. The predicted molar refractivity (Wildman–Crippen MR) is 69.0 cm³/mol. The van der Waals surface area contributed by atoms with E-state index in [1.807, 2.05) is 6.07 Å². The van der Waals surface area contributed by atoms with Crippen LogP contribution in [0.15, 0.2) is 24.3 Å². The van der Waals surface area contributed by atoms with Crippen molar-refractivity contribution in [2.45, 2.75) is 25.4 Å². The number of benzene rings is 1. The molecular weight excluding hydrogens is 229 g/mol. The van der Waals surface area contributed by atoms with E-state index in [4.69, 9.17) is 4.74 Å². The molecule has 2 fully saturated rings. The molecule has 3 rings (SSSR count). The van der Waals surface area contributed by atoms with Crippen LogP contribution in [0.4, 0.5) is 4.39 Å². The van der Waals surface area contributed by atoms with Crippen LogP contribution >= 0.6 is 0 Å². The van der Waals surface area contributed by atoms with Crippen molar-refractivity contribution in [3.8, 4) is 0 Å². The van der Waals surface area contributed by atoms with Gasteiger partial charge in [-0.25, -0.2) is 4.39 Å². The van der Waals surface area contributed by atoms with Crippen LogP contribution in [0.1, 0.15) is 18.4 Å². The first-order valence-electron chi connectivity index (χ1n) is 6.88. The monoisotopic (exact) mass is 249 g/mol. The zero-order valence-electron chi connectivity index (χ0n) is 10.6. The maximum Gasteiger partial charge on any atom is 0.123 e. The summed E-state index contributed by atoms with van der Waals surface area (Å²) in [6.45, 7) is 4.08. The second-order valence-electron chi connectivity index (χ2n) is 5.53. The molecule has 1 atom stereocenters. The van der Waals surface area contributed by atoms with Gasteiger partial charge in [0.05, 0.1) is 12.7 Å². The van der Waals surface area contributed by atoms with Gasteiger partial charge in [0, 0.05) is 19.6 Å². The lowest BCUT2D eigenvalue weighted by Crippen LogP contribution is -2.44. The molecule has 1 saturated carbocycles. The second kappa shape index (κ2) is 5.37. The molecule has 1 aliphatic heterocycles. The van der Waals surface area contributed by atoms with Crippen LogP contribution in [0, 0.1) is 11.7 Å². The number of hydrogen-bond donors (Lipinski definition) is 0. The van der Waals surface area contributed by atoms with Crippen LogP contribution in [-0.2, 0) is 11.2 Å². The molecule has 3 heteroatoms. The molecule has 0 unspecified atom stereocenters. The molecule has 0 N–H and O–H groups in total. The Bertz CT molecular complexity index is 405. The molecule has 1 aromatic rings. The lowest BCUT2D eigenvalue weighted by Gasteiger charge is -2.33. The minimum Gasteiger partial charge on any atom is -0.375 e. The fourth-order valence-corrected chi connectivity index (χ4v) is 2.66. The van der Waals surface area contributed by atoms with E-state index < -0.39 is 0 Å². The van der Waals surface area contributed by atoms with Crippen LogP contribution in [0.25, 0.3) is 0 Å². The molecule has 0 bridgehead atoms. The van der Waals surface area contributed by atoms with Crippen molar-refractivity contribution >= 4 is 0 Å². The number of ether oxygens (including phenoxy) is 1. The number of hydrogen-bond acceptors (Lipinski definition) is 2. The summed E-state index contributed by atoms with van der Waals surface area (Å²) in [6, 6.07) is 6.86. The molecule has 0 spiro atoms. The number of halogens is 1. The Hall–Kier alpha value is -0.930. The third-order valence-corrected chi connectivity index (χ3v) is 3.79. The van der Waals surface area contributed by atoms with E-state index in [1.165, 1.54) is 25.5 Å². The minimum absolute atomic E-state index is 0.154. The molecule has 98 valence electrons. The zero-order chi connectivity index (χ0) is 12.4. The fourth-order valence-electron chi connectivity index (χ4n) is 2.66. The minimum atomic E-state index is -0.154. The van der Waals surface area contributed by atoms with Crippen LogP contribution in [0.2, 0.25) is 0 Å². The highest BCUT2D eigenvalue weighted by atomic mass is 19.1. The fraction of sp³-hybridized carbons (Fsp3) is 0.600. The van der Waals surface area contributed by atoms with Gasteiger partial charge in [0.2, 0.25) is 0 Å². The van der Waals surface area contributed by atoms with Gasteiger partial charge < -0.3 is 4.74 Å². The normalized spacial score (nSPS) is 25.3. The van der Waals surface area contributed by atoms with Gasteiger partial charge >= 0.3 is 0 Å². The quantitative estimate of drug-likeness (QED) is 0.813. The molecule has 0 amide bonds. The number of morpholine rings is 1. The zero-order valence-corrected chi connectivity index (χ0v) is 10.6. The van der Waals surface area contributed by atoms with Crippen molar-refractivity contribution < 1.29 is 9.13 Å².